The molecule has 0 atom stereocenters. The molecule has 34 heteroatoms. The number of nitrogens with one attached hydrogen (secondary N) is 3. The summed E-state index contributed by atoms with van der Waals surface area (Å²) < 4.78 is 50.6. The molecule has 0 radical (unpaired) electrons. The van der Waals surface area contributed by atoms with Crippen molar-refractivity contribution in [2.45, 2.75) is 0 Å². The molecule has 0 saturated heterocycles. The summed E-state index contributed by atoms with van der Waals surface area (Å²) in [4.78, 5) is 45.8. The van der Waals surface area contributed by atoms with E-state index in [1.165, 1.54) is 42.5 Å². The first kappa shape index (κ1) is 76.3. The molecule has 0 fully saturated rings. The normalized spacial score (nSPS) is 10.9. The third kappa shape index (κ3) is 18.8. The Morgan fingerprint density at radius 3 is 1.49 bits per heavy atom. The second-order valence-electron chi connectivity index (χ2n) is 22.4. The fourth-order valence-corrected chi connectivity index (χ4v) is 12.6. The fourth-order valence-electron chi connectivity index (χ4n) is 10.1. The van der Waals surface area contributed by atoms with Crippen molar-refractivity contribution in [3.8, 4) is 0 Å². The minimum absolute atomic E-state index is 0.0516. The van der Waals surface area contributed by atoms with E-state index < -0.39 is 5.97 Å². The van der Waals surface area contributed by atoms with Gasteiger partial charge in [-0.2, -0.15) is 35.7 Å². The van der Waals surface area contributed by atoms with Crippen LogP contribution in [0.15, 0.2) is 186 Å². The molecule has 0 spiro atoms. The van der Waals surface area contributed by atoms with Crippen molar-refractivity contribution in [2.75, 3.05) is 0 Å². The van der Waals surface area contributed by atoms with E-state index in [-0.39, 0.29) is 23.1 Å². The molecule has 534 valence electrons. The molecule has 5 N–H and O–H groups in total. The summed E-state index contributed by atoms with van der Waals surface area (Å²) in [5.74, 6) is -0.950. The number of pyridine rings is 7. The molecule has 0 bridgehead atoms. The van der Waals surface area contributed by atoms with Crippen molar-refractivity contribution in [2.24, 2.45) is 28.2 Å². The molecule has 17 aromatic rings. The minimum atomic E-state index is -1.10. The molecule has 0 amide bonds. The molecule has 27 nitrogen and oxygen atoms in total. The number of nitrogens with zero attached hydrogens (tertiary/aromatic N) is 21. The number of hydrogen-bond donors (Lipinski definition) is 5. The molecule has 0 saturated carbocycles. The van der Waals surface area contributed by atoms with Crippen molar-refractivity contribution in [3.05, 3.63) is 284 Å². The van der Waals surface area contributed by atoms with E-state index in [1.54, 1.807) is 136 Å². The Morgan fingerprint density at radius 2 is 0.944 bits per heavy atom. The van der Waals surface area contributed by atoms with Gasteiger partial charge in [-0.05, 0) is 227 Å². The third-order valence-corrected chi connectivity index (χ3v) is 17.7. The lowest BCUT2D eigenvalue weighted by Gasteiger charge is -1.95. The first-order valence-corrected chi connectivity index (χ1v) is 35.2. The standard InChI is InChI=1S/C16H11FN4.C15H9FN4.C15H10FN3O2.C8H5BrN4.C7H7BrN3O.C7H6IN3.C6H4IN3/c1-18-15-9-8-14-16(19-15)13(20-21(14)2)7-6-11-4-3-5-12(17)10-11;1-17-14-8-7-13-15(18-14)12(19-20-13)6-5-10-3-2-4-11(16)9-10;16-10-3-1-2-9(8-10)4-5-11-14-12(19-18-11)6-7-13(17-14)15(20)21;1-10-6-4-3-5-7(11-6)8(9)12-13(5)2;1-10-5-3-2-4-11(12)6(5)7(8)9-10;1-11-5-3-2-4-9-6(5)7(8)10-11;7-6-5-4(9-10-6)2-1-3-8-5/h3-10H,2H3;2-9H,(H,19,20);1-8H,(H,18,19)(H,20,21);3-4H,2H3;2-4,12H,1H3;2-4H,1H3;1-3H,(H,9,10)/q;;;;+1;;/b7-6+;6-5+;5-4+;;;;. The second-order valence-corrected chi connectivity index (χ2v) is 26.0. The van der Waals surface area contributed by atoms with Gasteiger partial charge >= 0.3 is 11.5 Å². The molecule has 108 heavy (non-hydrogen) atoms. The summed E-state index contributed by atoms with van der Waals surface area (Å²) in [6, 6.07) is 43.5. The monoisotopic (exact) mass is 1790 g/mol. The van der Waals surface area contributed by atoms with Crippen LogP contribution in [0.3, 0.4) is 0 Å². The number of H-pyrrole nitrogens is 3. The Kier molecular flexibility index (Phi) is 24.9. The third-order valence-electron chi connectivity index (χ3n) is 15.2. The first-order chi connectivity index (χ1) is 52.1. The zero-order valence-electron chi connectivity index (χ0n) is 56.5. The predicted molar refractivity (Wildman–Crippen MR) is 428 cm³/mol. The molecule has 17 rings (SSSR count). The highest BCUT2D eigenvalue weighted by atomic mass is 127. The lowest BCUT2D eigenvalue weighted by atomic mass is 10.2. The van der Waals surface area contributed by atoms with E-state index in [0.717, 1.165) is 72.9 Å². The molecule has 14 aromatic heterocycles. The average molecular weight is 1800 g/mol. The number of aromatic carboxylic acids is 1. The Morgan fingerprint density at radius 1 is 0.481 bits per heavy atom. The van der Waals surface area contributed by atoms with Gasteiger partial charge in [0.25, 0.3) is 17.5 Å². The minimum Gasteiger partial charge on any atom is -0.477 e. The number of benzene rings is 3. The lowest BCUT2D eigenvalue weighted by molar-refractivity contribution is -0.885. The lowest BCUT2D eigenvalue weighted by Crippen LogP contribution is -2.29. The topological polar surface area (TPSA) is 309 Å². The maximum atomic E-state index is 13.1. The molecule has 0 aliphatic heterocycles. The summed E-state index contributed by atoms with van der Waals surface area (Å²) in [7, 11) is 7.41. The van der Waals surface area contributed by atoms with Crippen LogP contribution in [0, 0.1) is 44.6 Å². The van der Waals surface area contributed by atoms with Crippen LogP contribution in [0.1, 0.15) is 44.3 Å². The van der Waals surface area contributed by atoms with Crippen LogP contribution in [0.5, 0.6) is 0 Å². The maximum Gasteiger partial charge on any atom is 0.354 e. The van der Waals surface area contributed by atoms with Gasteiger partial charge in [0, 0.05) is 51.4 Å². The molecule has 0 aliphatic carbocycles. The van der Waals surface area contributed by atoms with Crippen molar-refractivity contribution < 1.29 is 33.0 Å². The zero-order valence-corrected chi connectivity index (χ0v) is 64.0. The zero-order chi connectivity index (χ0) is 76.5. The Hall–Kier alpha value is -12.8. The highest BCUT2D eigenvalue weighted by molar-refractivity contribution is 14.1. The highest BCUT2D eigenvalue weighted by Crippen LogP contribution is 2.27. The number of carboxylic acid groups (broad SMARTS) is 1. The summed E-state index contributed by atoms with van der Waals surface area (Å²) >= 11 is 10.9. The van der Waals surface area contributed by atoms with E-state index in [2.05, 4.69) is 172 Å². The number of aromatic nitrogens is 21. The second kappa shape index (κ2) is 35.3. The SMILES string of the molecule is Cn1nc(Br)c2c1ccc[n+]2O.Cn1nc(I)c2ncccc21.Ic1[nH]nc2cccnc12.O=C(O)c1ccc2[nH]nc(/C=C/c3cccc(F)c3)c2n1.[C-]#[N+]c1ccc2[nH]nc(/C=C/c3cccc(F)c3)c2n1.[C-]#[N+]c1ccc2c(n1)c(/C=C/c1cccc(F)c1)nn2C.[C-]#[N+]c1ccc2c(n1)c(Br)nn2C. The molecular weight excluding hydrogens is 1740 g/mol. The van der Waals surface area contributed by atoms with Gasteiger partial charge in [0.2, 0.25) is 27.4 Å². The summed E-state index contributed by atoms with van der Waals surface area (Å²) in [6.07, 6.45) is 15.5. The van der Waals surface area contributed by atoms with E-state index in [1.807, 2.05) is 81.4 Å². The Labute approximate surface area is 653 Å². The van der Waals surface area contributed by atoms with Crippen molar-refractivity contribution in [1.82, 2.24) is 99.6 Å². The number of fused-ring (bicyclic) bond motifs is 7. The van der Waals surface area contributed by atoms with E-state index in [4.69, 9.17) is 24.8 Å². The number of carboxylic acids is 1. The van der Waals surface area contributed by atoms with Crippen LogP contribution in [-0.4, -0.2) is 116 Å². The van der Waals surface area contributed by atoms with Crippen molar-refractivity contribution in [1.29, 1.82) is 0 Å². The van der Waals surface area contributed by atoms with Crippen LogP contribution in [0.2, 0.25) is 0 Å². The fraction of sp³-hybridized carbons (Fsp3) is 0.0541. The van der Waals surface area contributed by atoms with E-state index >= 15 is 0 Å². The van der Waals surface area contributed by atoms with Crippen LogP contribution in [-0.2, 0) is 28.2 Å². The highest BCUT2D eigenvalue weighted by Gasteiger charge is 2.18. The van der Waals surface area contributed by atoms with Gasteiger partial charge in [0.1, 0.15) is 91.8 Å². The van der Waals surface area contributed by atoms with Gasteiger partial charge in [-0.3, -0.25) is 49.2 Å². The number of halogens is 7. The largest absolute Gasteiger partial charge is 0.477 e. The van der Waals surface area contributed by atoms with Gasteiger partial charge in [0.05, 0.1) is 11.0 Å². The van der Waals surface area contributed by atoms with Gasteiger partial charge in [-0.25, -0.2) is 22.9 Å². The number of aryl methyl sites for hydroxylation is 4. The molecular formula is C74H52Br2F3I2N24O3+. The molecule has 3 aromatic carbocycles. The number of carbonyl (C=O) groups is 1. The maximum absolute atomic E-state index is 13.1. The van der Waals surface area contributed by atoms with Gasteiger partial charge < -0.3 is 19.6 Å². The summed E-state index contributed by atoms with van der Waals surface area (Å²) in [5, 5.41) is 55.9. The van der Waals surface area contributed by atoms with Crippen LogP contribution in [0.25, 0.3) is 128 Å². The Bertz CT molecular complexity index is 6370. The number of hydrogen-bond acceptors (Lipinski definition) is 15. The van der Waals surface area contributed by atoms with Crippen LogP contribution in [0.4, 0.5) is 30.6 Å². The average Bonchev–Trinajstić information content (AvgIpc) is 1.66. The van der Waals surface area contributed by atoms with Crippen LogP contribution < -0.4 is 4.73 Å². The van der Waals surface area contributed by atoms with Gasteiger partial charge in [0.15, 0.2) is 4.60 Å². The first-order valence-electron chi connectivity index (χ1n) is 31.5. The van der Waals surface area contributed by atoms with E-state index in [9.17, 15) is 23.2 Å². The molecule has 0 unspecified atom stereocenters. The van der Waals surface area contributed by atoms with Gasteiger partial charge in [-0.1, -0.05) is 74.3 Å². The smallest absolute Gasteiger partial charge is 0.354 e. The number of rotatable bonds is 7. The van der Waals surface area contributed by atoms with E-state index in [0.29, 0.717) is 76.9 Å². The Balaban J connectivity index is 0.000000128. The van der Waals surface area contributed by atoms with Crippen LogP contribution >= 0.6 is 77.0 Å². The van der Waals surface area contributed by atoms with Crippen molar-refractivity contribution in [3.63, 3.8) is 0 Å². The quantitative estimate of drug-likeness (QED) is 0.0428. The van der Waals surface area contributed by atoms with Crippen molar-refractivity contribution >= 4 is 214 Å². The summed E-state index contributed by atoms with van der Waals surface area (Å²) in [6.45, 7) is 20.8. The molecule has 0 aliphatic rings. The van der Waals surface area contributed by atoms with Gasteiger partial charge in [-0.15, -0.1) is 15.0 Å². The molecule has 14 heterocycles. The number of aromatic amines is 3. The summed E-state index contributed by atoms with van der Waals surface area (Å²) in [5.41, 5.74) is 15.0. The predicted octanol–water partition coefficient (Wildman–Crippen LogP) is 16.9.